The van der Waals surface area contributed by atoms with Crippen LogP contribution in [-0.2, 0) is 0 Å². The molecule has 0 unspecified atom stereocenters. The van der Waals surface area contributed by atoms with E-state index in [1.165, 1.54) is 24.3 Å². The normalized spacial score (nSPS) is 12.9. The molecule has 0 aliphatic heterocycles. The van der Waals surface area contributed by atoms with Crippen molar-refractivity contribution in [2.24, 2.45) is 0 Å². The highest BCUT2D eigenvalue weighted by atomic mass is 32.2. The topological polar surface area (TPSA) is 15.3 Å². The molecule has 0 heterocycles. The molecule has 96 valence electrons. The lowest BCUT2D eigenvalue weighted by Crippen LogP contribution is -2.28. The van der Waals surface area contributed by atoms with E-state index in [1.54, 1.807) is 0 Å². The minimum Gasteiger partial charge on any atom is -0.316 e. The Morgan fingerprint density at radius 2 is 1.94 bits per heavy atom. The summed E-state index contributed by atoms with van der Waals surface area (Å²) in [7, 11) is 6.33. The van der Waals surface area contributed by atoms with E-state index in [0.717, 1.165) is 5.75 Å². The number of rotatable bonds is 8. The van der Waals surface area contributed by atoms with Gasteiger partial charge in [0.2, 0.25) is 0 Å². The molecule has 0 saturated carbocycles. The summed E-state index contributed by atoms with van der Waals surface area (Å²) >= 11 is 1.94. The number of thioether (sulfide) groups is 1. The Morgan fingerprint density at radius 3 is 2.53 bits per heavy atom. The third kappa shape index (κ3) is 6.71. The van der Waals surface area contributed by atoms with E-state index in [2.05, 4.69) is 61.7 Å². The van der Waals surface area contributed by atoms with Gasteiger partial charge in [-0.25, -0.2) is 0 Å². The smallest absolute Gasteiger partial charge is 0.0159 e. The second-order valence-electron chi connectivity index (χ2n) is 4.56. The largest absolute Gasteiger partial charge is 0.316 e. The molecule has 1 N–H and O–H groups in total. The summed E-state index contributed by atoms with van der Waals surface area (Å²) < 4.78 is 0. The summed E-state index contributed by atoms with van der Waals surface area (Å²) in [5.74, 6) is 1.15. The van der Waals surface area contributed by atoms with Crippen molar-refractivity contribution in [1.82, 2.24) is 10.2 Å². The molecule has 0 spiro atoms. The zero-order valence-electron chi connectivity index (χ0n) is 11.1. The van der Waals surface area contributed by atoms with Crippen LogP contribution in [0.15, 0.2) is 35.2 Å². The first-order valence-electron chi connectivity index (χ1n) is 6.22. The van der Waals surface area contributed by atoms with Gasteiger partial charge in [-0.3, -0.25) is 0 Å². The van der Waals surface area contributed by atoms with Crippen molar-refractivity contribution in [3.8, 4) is 0 Å². The van der Waals surface area contributed by atoms with Crippen molar-refractivity contribution in [1.29, 1.82) is 0 Å². The number of nitrogens with one attached hydrogen (secondary N) is 1. The summed E-state index contributed by atoms with van der Waals surface area (Å²) in [4.78, 5) is 3.61. The van der Waals surface area contributed by atoms with Crippen LogP contribution in [0.25, 0.3) is 0 Å². The van der Waals surface area contributed by atoms with E-state index < -0.39 is 0 Å². The lowest BCUT2D eigenvalue weighted by atomic mass is 10.2. The van der Waals surface area contributed by atoms with Crippen LogP contribution in [0.3, 0.4) is 0 Å². The molecule has 1 atom stereocenters. The molecule has 2 nitrogen and oxygen atoms in total. The molecule has 1 rings (SSSR count). The maximum atomic E-state index is 3.41. The van der Waals surface area contributed by atoms with E-state index >= 15 is 0 Å². The first-order chi connectivity index (χ1) is 8.22. The van der Waals surface area contributed by atoms with Crippen molar-refractivity contribution in [3.63, 3.8) is 0 Å². The van der Waals surface area contributed by atoms with Gasteiger partial charge in [0.15, 0.2) is 0 Å². The van der Waals surface area contributed by atoms with Crippen molar-refractivity contribution < 1.29 is 0 Å². The summed E-state index contributed by atoms with van der Waals surface area (Å²) in [6.45, 7) is 1.17. The van der Waals surface area contributed by atoms with Crippen molar-refractivity contribution in [2.75, 3.05) is 33.4 Å². The summed E-state index contributed by atoms with van der Waals surface area (Å²) in [6, 6.07) is 11.2. The van der Waals surface area contributed by atoms with Crippen LogP contribution in [0.2, 0.25) is 0 Å². The predicted octanol–water partition coefficient (Wildman–Crippen LogP) is 2.71. The molecule has 3 heteroatoms. The Kier molecular flexibility index (Phi) is 7.33. The molecule has 0 aromatic heterocycles. The Labute approximate surface area is 110 Å². The van der Waals surface area contributed by atoms with Gasteiger partial charge in [0.25, 0.3) is 0 Å². The molecular weight excluding hydrogens is 228 g/mol. The van der Waals surface area contributed by atoms with Gasteiger partial charge in [0.1, 0.15) is 0 Å². The zero-order valence-corrected chi connectivity index (χ0v) is 12.0. The Hall–Kier alpha value is -0.510. The van der Waals surface area contributed by atoms with Crippen LogP contribution < -0.4 is 5.32 Å². The second kappa shape index (κ2) is 8.56. The van der Waals surface area contributed by atoms with E-state index in [9.17, 15) is 0 Å². The van der Waals surface area contributed by atoms with E-state index in [-0.39, 0.29) is 0 Å². The van der Waals surface area contributed by atoms with Crippen molar-refractivity contribution in [2.45, 2.75) is 23.8 Å². The number of hydrogen-bond donors (Lipinski definition) is 1. The molecule has 0 amide bonds. The van der Waals surface area contributed by atoms with Gasteiger partial charge in [-0.05, 0) is 52.7 Å². The Morgan fingerprint density at radius 1 is 1.24 bits per heavy atom. The van der Waals surface area contributed by atoms with Gasteiger partial charge in [-0.2, -0.15) is 0 Å². The molecule has 0 aliphatic rings. The number of benzene rings is 1. The number of hydrogen-bond acceptors (Lipinski definition) is 3. The molecule has 1 aromatic carbocycles. The van der Waals surface area contributed by atoms with Gasteiger partial charge in [0.05, 0.1) is 0 Å². The van der Waals surface area contributed by atoms with Gasteiger partial charge in [-0.1, -0.05) is 18.2 Å². The van der Waals surface area contributed by atoms with Gasteiger partial charge >= 0.3 is 0 Å². The highest BCUT2D eigenvalue weighted by molar-refractivity contribution is 7.99. The average molecular weight is 252 g/mol. The predicted molar refractivity (Wildman–Crippen MR) is 77.8 cm³/mol. The van der Waals surface area contributed by atoms with Crippen LogP contribution in [0.4, 0.5) is 0 Å². The minimum atomic E-state index is 0.611. The minimum absolute atomic E-state index is 0.611. The van der Waals surface area contributed by atoms with Crippen LogP contribution in [-0.4, -0.2) is 44.4 Å². The SMILES string of the molecule is CN[C@H](CCCN(C)C)CSc1ccccc1. The first kappa shape index (κ1) is 14.6. The molecule has 0 fully saturated rings. The fourth-order valence-electron chi connectivity index (χ4n) is 1.68. The van der Waals surface area contributed by atoms with Gasteiger partial charge in [0, 0.05) is 16.7 Å². The van der Waals surface area contributed by atoms with Gasteiger partial charge in [-0.15, -0.1) is 11.8 Å². The quantitative estimate of drug-likeness (QED) is 0.716. The summed E-state index contributed by atoms with van der Waals surface area (Å²) in [5.41, 5.74) is 0. The van der Waals surface area contributed by atoms with Crippen LogP contribution in [0.5, 0.6) is 0 Å². The van der Waals surface area contributed by atoms with Crippen LogP contribution in [0.1, 0.15) is 12.8 Å². The third-order valence-corrected chi connectivity index (χ3v) is 3.94. The molecule has 0 bridgehead atoms. The van der Waals surface area contributed by atoms with Crippen molar-refractivity contribution >= 4 is 11.8 Å². The van der Waals surface area contributed by atoms with E-state index in [1.807, 2.05) is 11.8 Å². The van der Waals surface area contributed by atoms with E-state index in [0.29, 0.717) is 6.04 Å². The van der Waals surface area contributed by atoms with Crippen LogP contribution >= 0.6 is 11.8 Å². The highest BCUT2D eigenvalue weighted by Crippen LogP contribution is 2.19. The van der Waals surface area contributed by atoms with Crippen molar-refractivity contribution in [3.05, 3.63) is 30.3 Å². The highest BCUT2D eigenvalue weighted by Gasteiger charge is 2.06. The second-order valence-corrected chi connectivity index (χ2v) is 5.65. The summed E-state index contributed by atoms with van der Waals surface area (Å²) in [5, 5.41) is 3.41. The molecular formula is C14H24N2S. The molecule has 17 heavy (non-hydrogen) atoms. The molecule has 0 aliphatic carbocycles. The Balaban J connectivity index is 2.23. The maximum absolute atomic E-state index is 3.41. The number of nitrogens with zero attached hydrogens (tertiary/aromatic N) is 1. The maximum Gasteiger partial charge on any atom is 0.0159 e. The Bertz CT molecular complexity index is 288. The monoisotopic (exact) mass is 252 g/mol. The fourth-order valence-corrected chi connectivity index (χ4v) is 2.76. The standard InChI is InChI=1S/C14H24N2S/c1-15-13(8-7-11-16(2)3)12-17-14-9-5-4-6-10-14/h4-6,9-10,13,15H,7-8,11-12H2,1-3H3/t13-/m1/s1. The van der Waals surface area contributed by atoms with Gasteiger partial charge < -0.3 is 10.2 Å². The fraction of sp³-hybridized carbons (Fsp3) is 0.571. The first-order valence-corrected chi connectivity index (χ1v) is 7.20. The lowest BCUT2D eigenvalue weighted by Gasteiger charge is -2.17. The summed E-state index contributed by atoms with van der Waals surface area (Å²) in [6.07, 6.45) is 2.50. The molecule has 0 saturated heterocycles. The lowest BCUT2D eigenvalue weighted by molar-refractivity contribution is 0.381. The zero-order chi connectivity index (χ0) is 12.5. The molecule has 1 aromatic rings. The molecule has 0 radical (unpaired) electrons. The van der Waals surface area contributed by atoms with Crippen LogP contribution in [0, 0.1) is 0 Å². The average Bonchev–Trinajstić information content (AvgIpc) is 2.34. The third-order valence-electron chi connectivity index (χ3n) is 2.76. The van der Waals surface area contributed by atoms with E-state index in [4.69, 9.17) is 0 Å².